The summed E-state index contributed by atoms with van der Waals surface area (Å²) >= 11 is 4.07. The highest BCUT2D eigenvalue weighted by atomic mass is 32.2. The molecule has 1 aromatic rings. The normalized spacial score (nSPS) is 11.4. The van der Waals surface area contributed by atoms with Crippen molar-refractivity contribution in [1.82, 2.24) is 4.90 Å². The lowest BCUT2D eigenvalue weighted by molar-refractivity contribution is 0.301. The van der Waals surface area contributed by atoms with E-state index in [2.05, 4.69) is 62.2 Å². The Bertz CT molecular complexity index is 386. The molecule has 2 nitrogen and oxygen atoms in total. The molecule has 0 fully saturated rings. The highest BCUT2D eigenvalue weighted by molar-refractivity contribution is 7.99. The quantitative estimate of drug-likeness (QED) is 0.549. The molecule has 0 heterocycles. The molecule has 0 atom stereocenters. The van der Waals surface area contributed by atoms with E-state index in [1.165, 1.54) is 47.4 Å². The second-order valence-electron chi connectivity index (χ2n) is 5.63. The summed E-state index contributed by atoms with van der Waals surface area (Å²) in [5, 5.41) is 3.58. The van der Waals surface area contributed by atoms with Gasteiger partial charge < -0.3 is 5.32 Å². The van der Waals surface area contributed by atoms with Crippen LogP contribution in [-0.4, -0.2) is 47.0 Å². The Morgan fingerprint density at radius 1 is 1.00 bits per heavy atom. The van der Waals surface area contributed by atoms with E-state index >= 15 is 0 Å². The lowest BCUT2D eigenvalue weighted by atomic mass is 10.1. The predicted octanol–water partition coefficient (Wildman–Crippen LogP) is 4.82. The van der Waals surface area contributed by atoms with Gasteiger partial charge in [-0.3, -0.25) is 4.90 Å². The van der Waals surface area contributed by atoms with Crippen molar-refractivity contribution in [1.29, 1.82) is 0 Å². The first kappa shape index (κ1) is 19.7. The van der Waals surface area contributed by atoms with Crippen LogP contribution in [0.2, 0.25) is 0 Å². The molecule has 4 heteroatoms. The third-order valence-electron chi connectivity index (χ3n) is 3.37. The fraction of sp³-hybridized carbons (Fsp3) is 0.667. The van der Waals surface area contributed by atoms with Crippen LogP contribution >= 0.6 is 23.5 Å². The van der Waals surface area contributed by atoms with Gasteiger partial charge in [-0.25, -0.2) is 0 Å². The second kappa shape index (κ2) is 12.1. The molecule has 1 rings (SSSR count). The van der Waals surface area contributed by atoms with Crippen LogP contribution < -0.4 is 5.32 Å². The molecule has 0 radical (unpaired) electrons. The fourth-order valence-electron chi connectivity index (χ4n) is 2.30. The van der Waals surface area contributed by atoms with E-state index in [0.717, 1.165) is 6.54 Å². The van der Waals surface area contributed by atoms with E-state index in [-0.39, 0.29) is 0 Å². The molecular formula is C18H32N2S2. The summed E-state index contributed by atoms with van der Waals surface area (Å²) in [4.78, 5) is 2.60. The number of benzene rings is 1. The van der Waals surface area contributed by atoms with Gasteiger partial charge in [0.15, 0.2) is 0 Å². The van der Waals surface area contributed by atoms with Crippen molar-refractivity contribution in [2.75, 3.05) is 41.4 Å². The Hall–Kier alpha value is -0.320. The first-order chi connectivity index (χ1) is 10.7. The van der Waals surface area contributed by atoms with Crippen molar-refractivity contribution < 1.29 is 0 Å². The lowest BCUT2D eigenvalue weighted by Gasteiger charge is -2.24. The molecule has 0 saturated carbocycles. The first-order valence-electron chi connectivity index (χ1n) is 8.39. The third-order valence-corrected chi connectivity index (χ3v) is 5.13. The number of hydrogen-bond acceptors (Lipinski definition) is 4. The van der Waals surface area contributed by atoms with E-state index in [4.69, 9.17) is 0 Å². The van der Waals surface area contributed by atoms with Gasteiger partial charge in [-0.1, -0.05) is 32.0 Å². The van der Waals surface area contributed by atoms with Crippen molar-refractivity contribution in [3.8, 4) is 0 Å². The molecule has 0 bridgehead atoms. The number of nitrogens with one attached hydrogen (secondary N) is 1. The van der Waals surface area contributed by atoms with Gasteiger partial charge in [-0.15, -0.1) is 0 Å². The molecule has 1 aromatic carbocycles. The molecule has 22 heavy (non-hydrogen) atoms. The number of hydrogen-bond donors (Lipinski definition) is 1. The zero-order valence-electron chi connectivity index (χ0n) is 14.6. The van der Waals surface area contributed by atoms with Gasteiger partial charge in [0.25, 0.3) is 0 Å². The number of thioether (sulfide) groups is 2. The summed E-state index contributed by atoms with van der Waals surface area (Å²) in [5.41, 5.74) is 2.70. The standard InChI is InChI=1S/C18H32N2S2/c1-5-21-13-11-20(12-14-22-6-2)15-17-9-7-8-10-18(17)19-16(3)4/h7-10,16,19H,5-6,11-15H2,1-4H3. The van der Waals surface area contributed by atoms with Gasteiger partial charge in [-0.2, -0.15) is 23.5 Å². The van der Waals surface area contributed by atoms with Crippen LogP contribution in [0.3, 0.4) is 0 Å². The van der Waals surface area contributed by atoms with E-state index in [1.54, 1.807) is 0 Å². The zero-order valence-corrected chi connectivity index (χ0v) is 16.2. The minimum Gasteiger partial charge on any atom is -0.383 e. The highest BCUT2D eigenvalue weighted by Crippen LogP contribution is 2.19. The summed E-state index contributed by atoms with van der Waals surface area (Å²) < 4.78 is 0. The highest BCUT2D eigenvalue weighted by Gasteiger charge is 2.09. The number of anilines is 1. The maximum atomic E-state index is 3.58. The molecule has 0 aliphatic rings. The van der Waals surface area contributed by atoms with Crippen LogP contribution in [-0.2, 0) is 6.54 Å². The molecule has 0 aliphatic carbocycles. The maximum absolute atomic E-state index is 3.58. The molecule has 0 amide bonds. The average molecular weight is 341 g/mol. The largest absolute Gasteiger partial charge is 0.383 e. The Morgan fingerprint density at radius 2 is 1.59 bits per heavy atom. The van der Waals surface area contributed by atoms with Crippen molar-refractivity contribution in [2.45, 2.75) is 40.3 Å². The summed E-state index contributed by atoms with van der Waals surface area (Å²) in [6.45, 7) is 12.3. The Kier molecular flexibility index (Phi) is 10.9. The summed E-state index contributed by atoms with van der Waals surface area (Å²) in [6, 6.07) is 9.21. The van der Waals surface area contributed by atoms with E-state index in [0.29, 0.717) is 6.04 Å². The molecule has 0 spiro atoms. The van der Waals surface area contributed by atoms with Crippen LogP contribution in [0.4, 0.5) is 5.69 Å². The van der Waals surface area contributed by atoms with E-state index in [1.807, 2.05) is 23.5 Å². The van der Waals surface area contributed by atoms with Gasteiger partial charge in [0.1, 0.15) is 0 Å². The minimum absolute atomic E-state index is 0.473. The predicted molar refractivity (Wildman–Crippen MR) is 106 cm³/mol. The molecule has 126 valence electrons. The first-order valence-corrected chi connectivity index (χ1v) is 10.7. The van der Waals surface area contributed by atoms with Gasteiger partial charge >= 0.3 is 0 Å². The van der Waals surface area contributed by atoms with Crippen LogP contribution in [0.15, 0.2) is 24.3 Å². The smallest absolute Gasteiger partial charge is 0.0387 e. The SMILES string of the molecule is CCSCCN(CCSCC)Cc1ccccc1NC(C)C. The molecule has 0 aromatic heterocycles. The number of rotatable bonds is 12. The second-order valence-corrected chi connectivity index (χ2v) is 8.41. The van der Waals surface area contributed by atoms with Crippen molar-refractivity contribution in [3.63, 3.8) is 0 Å². The molecule has 0 unspecified atom stereocenters. The molecule has 0 saturated heterocycles. The Labute approximate surface area is 145 Å². The monoisotopic (exact) mass is 340 g/mol. The number of nitrogens with zero attached hydrogens (tertiary/aromatic N) is 1. The van der Waals surface area contributed by atoms with Crippen molar-refractivity contribution in [2.24, 2.45) is 0 Å². The molecular weight excluding hydrogens is 308 g/mol. The lowest BCUT2D eigenvalue weighted by Crippen LogP contribution is -2.29. The van der Waals surface area contributed by atoms with Gasteiger partial charge in [0.05, 0.1) is 0 Å². The van der Waals surface area contributed by atoms with Crippen molar-refractivity contribution >= 4 is 29.2 Å². The maximum Gasteiger partial charge on any atom is 0.0387 e. The average Bonchev–Trinajstić information content (AvgIpc) is 2.49. The summed E-state index contributed by atoms with van der Waals surface area (Å²) in [6.07, 6.45) is 0. The Balaban J connectivity index is 2.65. The minimum atomic E-state index is 0.473. The van der Waals surface area contributed by atoms with Crippen LogP contribution in [0.5, 0.6) is 0 Å². The topological polar surface area (TPSA) is 15.3 Å². The van der Waals surface area contributed by atoms with Crippen LogP contribution in [0, 0.1) is 0 Å². The fourth-order valence-corrected chi connectivity index (χ4v) is 3.65. The van der Waals surface area contributed by atoms with Gasteiger partial charge in [0, 0.05) is 42.9 Å². The van der Waals surface area contributed by atoms with Crippen LogP contribution in [0.1, 0.15) is 33.3 Å². The zero-order chi connectivity index (χ0) is 16.2. The van der Waals surface area contributed by atoms with Crippen LogP contribution in [0.25, 0.3) is 0 Å². The van der Waals surface area contributed by atoms with Crippen molar-refractivity contribution in [3.05, 3.63) is 29.8 Å². The Morgan fingerprint density at radius 3 is 2.14 bits per heavy atom. The molecule has 1 N–H and O–H groups in total. The molecule has 0 aliphatic heterocycles. The van der Waals surface area contributed by atoms with E-state index in [9.17, 15) is 0 Å². The summed E-state index contributed by atoms with van der Waals surface area (Å²) in [5.74, 6) is 4.88. The van der Waals surface area contributed by atoms with E-state index < -0.39 is 0 Å². The number of para-hydroxylation sites is 1. The third kappa shape index (κ3) is 8.35. The summed E-state index contributed by atoms with van der Waals surface area (Å²) in [7, 11) is 0. The van der Waals surface area contributed by atoms with Gasteiger partial charge in [0.2, 0.25) is 0 Å². The van der Waals surface area contributed by atoms with Gasteiger partial charge in [-0.05, 0) is 37.0 Å².